The molecular weight excluding hydrogens is 492 g/mol. The molecule has 0 saturated carbocycles. The summed E-state index contributed by atoms with van der Waals surface area (Å²) in [5.74, 6) is 0.0825. The monoisotopic (exact) mass is 511 g/mol. The van der Waals surface area contributed by atoms with Crippen molar-refractivity contribution < 1.29 is 18.7 Å². The van der Waals surface area contributed by atoms with Crippen LogP contribution in [0.4, 0.5) is 9.18 Å². The fraction of sp³-hybridized carbons (Fsp3) is 0.238. The molecule has 1 heterocycles. The van der Waals surface area contributed by atoms with Crippen LogP contribution in [-0.4, -0.2) is 22.1 Å². The summed E-state index contributed by atoms with van der Waals surface area (Å²) in [5.41, 5.74) is 1.29. The Morgan fingerprint density at radius 3 is 2.68 bits per heavy atom. The minimum absolute atomic E-state index is 0.118. The Balaban J connectivity index is 1.74. The SMILES string of the molecule is CC[C@@H](C)N1C(=O)S/C(=C/c2ccc(OCc3ccccc3F)c(I)c2)C1=O. The standard InChI is InChI=1S/C21H19FINO3S/c1-3-13(2)24-20(25)19(28-21(24)26)11-14-8-9-18(17(23)10-14)27-12-15-6-4-5-7-16(15)22/h4-11,13H,3,12H2,1-2H3/b19-11+/t13-/m1/s1. The van der Waals surface area contributed by atoms with E-state index in [0.29, 0.717) is 16.2 Å². The molecule has 2 amide bonds. The summed E-state index contributed by atoms with van der Waals surface area (Å²) in [4.78, 5) is 26.4. The smallest absolute Gasteiger partial charge is 0.293 e. The highest BCUT2D eigenvalue weighted by molar-refractivity contribution is 14.1. The van der Waals surface area contributed by atoms with E-state index < -0.39 is 0 Å². The molecule has 0 N–H and O–H groups in total. The molecular formula is C21H19FINO3S. The van der Waals surface area contributed by atoms with Gasteiger partial charge >= 0.3 is 0 Å². The van der Waals surface area contributed by atoms with Crippen molar-refractivity contribution in [2.24, 2.45) is 0 Å². The Bertz CT molecular complexity index is 947. The quantitative estimate of drug-likeness (QED) is 0.361. The number of thioether (sulfide) groups is 1. The zero-order valence-corrected chi connectivity index (χ0v) is 18.4. The number of carbonyl (C=O) groups is 2. The van der Waals surface area contributed by atoms with Gasteiger partial charge in [0, 0.05) is 11.6 Å². The lowest BCUT2D eigenvalue weighted by Crippen LogP contribution is -2.36. The minimum Gasteiger partial charge on any atom is -0.488 e. The number of amides is 2. The van der Waals surface area contributed by atoms with E-state index in [2.05, 4.69) is 22.6 Å². The first-order valence-electron chi connectivity index (χ1n) is 8.83. The van der Waals surface area contributed by atoms with Crippen LogP contribution >= 0.6 is 34.4 Å². The van der Waals surface area contributed by atoms with Gasteiger partial charge in [0.1, 0.15) is 18.2 Å². The Morgan fingerprint density at radius 1 is 1.25 bits per heavy atom. The molecule has 0 spiro atoms. The maximum atomic E-state index is 13.7. The van der Waals surface area contributed by atoms with Crippen molar-refractivity contribution in [2.75, 3.05) is 0 Å². The molecule has 1 aliphatic rings. The summed E-state index contributed by atoms with van der Waals surface area (Å²) in [5, 5.41) is -0.231. The fourth-order valence-corrected chi connectivity index (χ4v) is 4.31. The first kappa shape index (κ1) is 20.9. The molecule has 7 heteroatoms. The lowest BCUT2D eigenvalue weighted by atomic mass is 10.2. The van der Waals surface area contributed by atoms with E-state index in [1.807, 2.05) is 26.0 Å². The highest BCUT2D eigenvalue weighted by Crippen LogP contribution is 2.35. The molecule has 1 atom stereocenters. The number of hydrogen-bond acceptors (Lipinski definition) is 4. The molecule has 0 bridgehead atoms. The number of rotatable bonds is 6. The summed E-state index contributed by atoms with van der Waals surface area (Å²) < 4.78 is 20.3. The summed E-state index contributed by atoms with van der Waals surface area (Å²) >= 11 is 3.10. The second-order valence-electron chi connectivity index (χ2n) is 6.38. The number of benzene rings is 2. The number of carbonyl (C=O) groups excluding carboxylic acids is 2. The molecule has 1 saturated heterocycles. The second-order valence-corrected chi connectivity index (χ2v) is 8.53. The lowest BCUT2D eigenvalue weighted by Gasteiger charge is -2.19. The molecule has 2 aromatic carbocycles. The third-order valence-corrected chi connectivity index (χ3v) is 6.18. The van der Waals surface area contributed by atoms with Crippen molar-refractivity contribution in [3.63, 3.8) is 0 Å². The lowest BCUT2D eigenvalue weighted by molar-refractivity contribution is -0.124. The molecule has 28 heavy (non-hydrogen) atoms. The number of hydrogen-bond donors (Lipinski definition) is 0. The molecule has 1 aliphatic heterocycles. The van der Waals surface area contributed by atoms with Gasteiger partial charge in [-0.05, 0) is 77.5 Å². The van der Waals surface area contributed by atoms with E-state index in [4.69, 9.17) is 4.74 Å². The predicted molar refractivity (Wildman–Crippen MR) is 117 cm³/mol. The van der Waals surface area contributed by atoms with Crippen LogP contribution < -0.4 is 4.74 Å². The van der Waals surface area contributed by atoms with Crippen LogP contribution in [-0.2, 0) is 11.4 Å². The van der Waals surface area contributed by atoms with E-state index >= 15 is 0 Å². The molecule has 2 aromatic rings. The van der Waals surface area contributed by atoms with Gasteiger partial charge in [0.05, 0.1) is 8.48 Å². The van der Waals surface area contributed by atoms with Crippen LogP contribution in [0.25, 0.3) is 6.08 Å². The molecule has 0 aliphatic carbocycles. The number of imide groups is 1. The van der Waals surface area contributed by atoms with Crippen LogP contribution in [0.5, 0.6) is 5.75 Å². The Morgan fingerprint density at radius 2 is 2.00 bits per heavy atom. The summed E-state index contributed by atoms with van der Waals surface area (Å²) in [6.45, 7) is 3.94. The van der Waals surface area contributed by atoms with Crippen LogP contribution in [0.15, 0.2) is 47.4 Å². The van der Waals surface area contributed by atoms with Crippen molar-refractivity contribution in [2.45, 2.75) is 32.9 Å². The van der Waals surface area contributed by atoms with Gasteiger partial charge in [-0.3, -0.25) is 14.5 Å². The normalized spacial score (nSPS) is 16.7. The van der Waals surface area contributed by atoms with Gasteiger partial charge in [0.2, 0.25) is 0 Å². The average Bonchev–Trinajstić information content (AvgIpc) is 2.95. The topological polar surface area (TPSA) is 46.6 Å². The van der Waals surface area contributed by atoms with E-state index in [-0.39, 0.29) is 29.6 Å². The van der Waals surface area contributed by atoms with Crippen molar-refractivity contribution in [3.8, 4) is 5.75 Å². The minimum atomic E-state index is -0.300. The molecule has 146 valence electrons. The number of ether oxygens (including phenoxy) is 1. The van der Waals surface area contributed by atoms with E-state index in [0.717, 1.165) is 27.3 Å². The number of halogens is 2. The molecule has 0 aromatic heterocycles. The molecule has 4 nitrogen and oxygen atoms in total. The highest BCUT2D eigenvalue weighted by atomic mass is 127. The zero-order valence-electron chi connectivity index (χ0n) is 15.4. The first-order valence-corrected chi connectivity index (χ1v) is 10.7. The van der Waals surface area contributed by atoms with Gasteiger partial charge in [-0.15, -0.1) is 0 Å². The maximum Gasteiger partial charge on any atom is 0.293 e. The summed E-state index contributed by atoms with van der Waals surface area (Å²) in [7, 11) is 0. The van der Waals surface area contributed by atoms with Gasteiger partial charge in [-0.1, -0.05) is 31.2 Å². The van der Waals surface area contributed by atoms with E-state index in [9.17, 15) is 14.0 Å². The first-order chi connectivity index (χ1) is 13.4. The molecule has 3 rings (SSSR count). The van der Waals surface area contributed by atoms with Crippen molar-refractivity contribution in [1.29, 1.82) is 0 Å². The van der Waals surface area contributed by atoms with Crippen LogP contribution in [0.2, 0.25) is 0 Å². The largest absolute Gasteiger partial charge is 0.488 e. The average molecular weight is 511 g/mol. The zero-order chi connectivity index (χ0) is 20.3. The third kappa shape index (κ3) is 4.57. The molecule has 0 unspecified atom stereocenters. The van der Waals surface area contributed by atoms with Crippen molar-refractivity contribution in [3.05, 3.63) is 67.9 Å². The second kappa shape index (κ2) is 9.09. The van der Waals surface area contributed by atoms with Gasteiger partial charge in [0.25, 0.3) is 11.1 Å². The van der Waals surface area contributed by atoms with Crippen LogP contribution in [0.3, 0.4) is 0 Å². The van der Waals surface area contributed by atoms with Crippen LogP contribution in [0, 0.1) is 9.39 Å². The number of nitrogens with zero attached hydrogens (tertiary/aromatic N) is 1. The summed E-state index contributed by atoms with van der Waals surface area (Å²) in [6.07, 6.45) is 2.44. The van der Waals surface area contributed by atoms with Gasteiger partial charge in [-0.2, -0.15) is 0 Å². The van der Waals surface area contributed by atoms with Gasteiger partial charge in [-0.25, -0.2) is 4.39 Å². The van der Waals surface area contributed by atoms with Crippen LogP contribution in [0.1, 0.15) is 31.4 Å². The highest BCUT2D eigenvalue weighted by Gasteiger charge is 2.37. The third-order valence-electron chi connectivity index (χ3n) is 4.45. The molecule has 1 fully saturated rings. The Labute approximate surface area is 181 Å². The Hall–Kier alpha value is -1.87. The fourth-order valence-electron chi connectivity index (χ4n) is 2.69. The van der Waals surface area contributed by atoms with Crippen molar-refractivity contribution in [1.82, 2.24) is 4.90 Å². The van der Waals surface area contributed by atoms with Gasteiger partial charge in [0.15, 0.2) is 0 Å². The predicted octanol–water partition coefficient (Wildman–Crippen LogP) is 5.84. The maximum absolute atomic E-state index is 13.7. The van der Waals surface area contributed by atoms with E-state index in [1.54, 1.807) is 30.3 Å². The van der Waals surface area contributed by atoms with E-state index in [1.165, 1.54) is 11.0 Å². The molecule has 0 radical (unpaired) electrons. The summed E-state index contributed by atoms with van der Waals surface area (Å²) in [6, 6.07) is 11.8. The van der Waals surface area contributed by atoms with Gasteiger partial charge < -0.3 is 4.74 Å². The Kier molecular flexibility index (Phi) is 6.77. The van der Waals surface area contributed by atoms with Crippen molar-refractivity contribution >= 4 is 51.6 Å².